The molecule has 0 N–H and O–H groups in total. The van der Waals surface area contributed by atoms with Crippen LogP contribution in [-0.4, -0.2) is 24.1 Å². The number of hydrogen-bond donors (Lipinski definition) is 0. The molecule has 0 saturated carbocycles. The van der Waals surface area contributed by atoms with Gasteiger partial charge < -0.3 is 16.9 Å². The maximum atomic E-state index is 2.37. The first-order valence-corrected chi connectivity index (χ1v) is 12.2. The number of rotatable bonds is 18. The molecule has 0 aliphatic rings. The highest BCUT2D eigenvalue weighted by Crippen LogP contribution is 2.18. The number of nitrogens with zero attached hydrogens (tertiary/aromatic N) is 1. The van der Waals surface area contributed by atoms with Crippen molar-refractivity contribution in [2.24, 2.45) is 0 Å². The van der Waals surface area contributed by atoms with E-state index in [4.69, 9.17) is 0 Å². The summed E-state index contributed by atoms with van der Waals surface area (Å²) < 4.78 is 1.25. The second-order valence-corrected chi connectivity index (χ2v) is 8.58. The van der Waals surface area contributed by atoms with Gasteiger partial charge in [-0.05, 0) is 26.7 Å². The molecule has 0 spiro atoms. The Morgan fingerprint density at radius 3 is 1.43 bits per heavy atom. The summed E-state index contributed by atoms with van der Waals surface area (Å²) in [5.41, 5.74) is 1.50. The van der Waals surface area contributed by atoms with Gasteiger partial charge in [-0.3, -0.25) is 0 Å². The Bertz CT molecular complexity index is 427. The lowest BCUT2D eigenvalue weighted by atomic mass is 10.0. The Hall–Kier alpha value is -0.530. The summed E-state index contributed by atoms with van der Waals surface area (Å²) >= 11 is 0. The van der Waals surface area contributed by atoms with Gasteiger partial charge in [-0.15, -0.1) is 0 Å². The number of hydrogen-bond acceptors (Lipinski definition) is 0. The summed E-state index contributed by atoms with van der Waals surface area (Å²) in [6.45, 7) is 12.1. The van der Waals surface area contributed by atoms with Crippen molar-refractivity contribution in [3.8, 4) is 0 Å². The maximum absolute atomic E-state index is 2.37. The Morgan fingerprint density at radius 1 is 0.571 bits per heavy atom. The van der Waals surface area contributed by atoms with Crippen molar-refractivity contribution < 1.29 is 16.9 Å². The number of quaternary nitrogens is 1. The molecule has 0 fully saturated rings. The van der Waals surface area contributed by atoms with Crippen molar-refractivity contribution in [1.82, 2.24) is 0 Å². The third-order valence-corrected chi connectivity index (χ3v) is 6.44. The summed E-state index contributed by atoms with van der Waals surface area (Å²) in [5, 5.41) is 0. The predicted octanol–water partition coefficient (Wildman–Crippen LogP) is 5.14. The lowest BCUT2D eigenvalue weighted by Crippen LogP contribution is -3.00. The van der Waals surface area contributed by atoms with Crippen molar-refractivity contribution in [2.45, 2.75) is 111 Å². The molecule has 0 radical (unpaired) electrons. The molecule has 28 heavy (non-hydrogen) atoms. The van der Waals surface area contributed by atoms with Crippen LogP contribution in [0.3, 0.4) is 0 Å². The predicted molar refractivity (Wildman–Crippen MR) is 122 cm³/mol. The fraction of sp³-hybridized carbons (Fsp3) is 0.769. The van der Waals surface area contributed by atoms with E-state index in [2.05, 4.69) is 51.1 Å². The van der Waals surface area contributed by atoms with Crippen LogP contribution in [0.1, 0.15) is 110 Å². The van der Waals surface area contributed by atoms with Crippen LogP contribution in [0.4, 0.5) is 0 Å². The third kappa shape index (κ3) is 12.8. The lowest BCUT2D eigenvalue weighted by Gasteiger charge is -2.37. The molecule has 0 unspecified atom stereocenters. The lowest BCUT2D eigenvalue weighted by molar-refractivity contribution is -0.938. The summed E-state index contributed by atoms with van der Waals surface area (Å²) in [6, 6.07) is 11.1. The SMILES string of the molecule is CCCCCCCCCCCCCCC[N+](CC)(CC)Cc1ccccc1.[Cl-]. The molecule has 1 nitrogen and oxygen atoms in total. The number of unbranched alkanes of at least 4 members (excludes halogenated alkanes) is 12. The van der Waals surface area contributed by atoms with Crippen LogP contribution in [0.25, 0.3) is 0 Å². The van der Waals surface area contributed by atoms with E-state index < -0.39 is 0 Å². The Balaban J connectivity index is 0.00000729. The van der Waals surface area contributed by atoms with E-state index >= 15 is 0 Å². The minimum absolute atomic E-state index is 0. The van der Waals surface area contributed by atoms with Crippen LogP contribution >= 0.6 is 0 Å². The van der Waals surface area contributed by atoms with Gasteiger partial charge in [0.25, 0.3) is 0 Å². The molecule has 0 atom stereocenters. The van der Waals surface area contributed by atoms with E-state index in [0.29, 0.717) is 0 Å². The van der Waals surface area contributed by atoms with E-state index in [0.717, 1.165) is 0 Å². The normalized spacial score (nSPS) is 11.4. The average Bonchev–Trinajstić information content (AvgIpc) is 2.71. The molecule has 0 bridgehead atoms. The first-order chi connectivity index (χ1) is 13.3. The highest BCUT2D eigenvalue weighted by molar-refractivity contribution is 5.13. The van der Waals surface area contributed by atoms with Gasteiger partial charge in [0.15, 0.2) is 0 Å². The van der Waals surface area contributed by atoms with Crippen LogP contribution in [0.5, 0.6) is 0 Å². The van der Waals surface area contributed by atoms with Crippen molar-refractivity contribution in [3.63, 3.8) is 0 Å². The maximum Gasteiger partial charge on any atom is 0.104 e. The van der Waals surface area contributed by atoms with Crippen LogP contribution in [-0.2, 0) is 6.54 Å². The average molecular weight is 410 g/mol. The second-order valence-electron chi connectivity index (χ2n) is 8.58. The van der Waals surface area contributed by atoms with E-state index in [1.165, 1.54) is 120 Å². The molecule has 1 aromatic rings. The van der Waals surface area contributed by atoms with Crippen molar-refractivity contribution in [3.05, 3.63) is 35.9 Å². The topological polar surface area (TPSA) is 0 Å². The van der Waals surface area contributed by atoms with Gasteiger partial charge in [0.05, 0.1) is 19.6 Å². The zero-order chi connectivity index (χ0) is 19.6. The zero-order valence-electron chi connectivity index (χ0n) is 19.2. The van der Waals surface area contributed by atoms with Crippen LogP contribution in [0.15, 0.2) is 30.3 Å². The van der Waals surface area contributed by atoms with Gasteiger partial charge in [0.1, 0.15) is 6.54 Å². The molecule has 164 valence electrons. The molecule has 1 aromatic carbocycles. The molecule has 0 aromatic heterocycles. The highest BCUT2D eigenvalue weighted by Gasteiger charge is 2.22. The van der Waals surface area contributed by atoms with Crippen LogP contribution < -0.4 is 12.4 Å². The molecule has 0 amide bonds. The zero-order valence-corrected chi connectivity index (χ0v) is 20.0. The molecule has 0 saturated heterocycles. The molecule has 0 aliphatic carbocycles. The minimum Gasteiger partial charge on any atom is -1.00 e. The van der Waals surface area contributed by atoms with E-state index in [-0.39, 0.29) is 12.4 Å². The number of benzene rings is 1. The van der Waals surface area contributed by atoms with E-state index in [1.54, 1.807) is 0 Å². The van der Waals surface area contributed by atoms with E-state index in [1.807, 2.05) is 0 Å². The third-order valence-electron chi connectivity index (χ3n) is 6.44. The van der Waals surface area contributed by atoms with Crippen molar-refractivity contribution in [1.29, 1.82) is 0 Å². The summed E-state index contributed by atoms with van der Waals surface area (Å²) in [6.07, 6.45) is 18.7. The Kier molecular flexibility index (Phi) is 18.1. The largest absolute Gasteiger partial charge is 1.00 e. The molecule has 1 rings (SSSR count). The van der Waals surface area contributed by atoms with Gasteiger partial charge in [0, 0.05) is 5.56 Å². The first kappa shape index (κ1) is 27.5. The van der Waals surface area contributed by atoms with Gasteiger partial charge in [0.2, 0.25) is 0 Å². The monoisotopic (exact) mass is 409 g/mol. The van der Waals surface area contributed by atoms with Crippen LogP contribution in [0, 0.1) is 0 Å². The molecule has 2 heteroatoms. The van der Waals surface area contributed by atoms with Gasteiger partial charge in [-0.25, -0.2) is 0 Å². The Labute approximate surface area is 183 Å². The molecule has 0 aliphatic heterocycles. The van der Waals surface area contributed by atoms with E-state index in [9.17, 15) is 0 Å². The first-order valence-electron chi connectivity index (χ1n) is 12.2. The Morgan fingerprint density at radius 2 is 1.00 bits per heavy atom. The fourth-order valence-electron chi connectivity index (χ4n) is 4.28. The van der Waals surface area contributed by atoms with Gasteiger partial charge in [-0.1, -0.05) is 108 Å². The summed E-state index contributed by atoms with van der Waals surface area (Å²) in [5.74, 6) is 0. The minimum atomic E-state index is 0. The quantitative estimate of drug-likeness (QED) is 0.232. The fourth-order valence-corrected chi connectivity index (χ4v) is 4.28. The standard InChI is InChI=1S/C26H48N.ClH/c1-4-7-8-9-10-11-12-13-14-15-16-17-21-24-27(5-2,6-3)25-26-22-19-18-20-23-26;/h18-20,22-23H,4-17,21,24-25H2,1-3H3;1H/q+1;/p-1. The van der Waals surface area contributed by atoms with Crippen molar-refractivity contribution in [2.75, 3.05) is 19.6 Å². The number of halogens is 1. The molecular weight excluding hydrogens is 362 g/mol. The molecule has 0 heterocycles. The van der Waals surface area contributed by atoms with Gasteiger partial charge >= 0.3 is 0 Å². The smallest absolute Gasteiger partial charge is 0.104 e. The highest BCUT2D eigenvalue weighted by atomic mass is 35.5. The van der Waals surface area contributed by atoms with Crippen LogP contribution in [0.2, 0.25) is 0 Å². The molecular formula is C26H48ClN. The second kappa shape index (κ2) is 18.5. The van der Waals surface area contributed by atoms with Crippen molar-refractivity contribution >= 4 is 0 Å². The van der Waals surface area contributed by atoms with Gasteiger partial charge in [-0.2, -0.15) is 0 Å². The summed E-state index contributed by atoms with van der Waals surface area (Å²) in [7, 11) is 0. The summed E-state index contributed by atoms with van der Waals surface area (Å²) in [4.78, 5) is 0.